The van der Waals surface area contributed by atoms with Gasteiger partial charge in [-0.05, 0) is 37.7 Å². The van der Waals surface area contributed by atoms with Gasteiger partial charge in [0.2, 0.25) is 17.7 Å². The highest BCUT2D eigenvalue weighted by atomic mass is 16.5. The minimum Gasteiger partial charge on any atom is -0.463 e. The standard InChI is InChI=1S/C26H35N3O5/c1-2-34-24(31)13-11-21(17-20-14-15-27-25(20)32)28-26(33)22(16-19-6-4-3-5-7-19)29-23(30)12-10-18-8-9-18/h3-7,11,13,18,20-22H,2,8-10,12,14-17H2,1H3,(H,27,32)(H,28,33)(H,29,30)/t20-,21+,22-/m0/s1. The fourth-order valence-electron chi connectivity index (χ4n) is 4.10. The molecule has 8 heteroatoms. The third kappa shape index (κ3) is 8.65. The summed E-state index contributed by atoms with van der Waals surface area (Å²) in [6.45, 7) is 2.56. The minimum absolute atomic E-state index is 0.0574. The Morgan fingerprint density at radius 2 is 1.91 bits per heavy atom. The molecular weight excluding hydrogens is 434 g/mol. The van der Waals surface area contributed by atoms with Gasteiger partial charge in [0, 0.05) is 37.4 Å². The molecule has 1 aliphatic carbocycles. The molecule has 1 aliphatic heterocycles. The van der Waals surface area contributed by atoms with Crippen LogP contribution in [0.3, 0.4) is 0 Å². The van der Waals surface area contributed by atoms with Crippen molar-refractivity contribution in [2.45, 2.75) is 64.0 Å². The third-order valence-corrected chi connectivity index (χ3v) is 6.19. The topological polar surface area (TPSA) is 114 Å². The molecule has 1 saturated heterocycles. The molecule has 0 spiro atoms. The Hall–Kier alpha value is -3.16. The monoisotopic (exact) mass is 469 g/mol. The fourth-order valence-corrected chi connectivity index (χ4v) is 4.10. The molecule has 8 nitrogen and oxygen atoms in total. The van der Waals surface area contributed by atoms with E-state index in [4.69, 9.17) is 4.74 Å². The molecule has 1 aromatic rings. The normalized spacial score (nSPS) is 19.3. The molecule has 1 heterocycles. The molecule has 2 fully saturated rings. The van der Waals surface area contributed by atoms with E-state index < -0.39 is 18.1 Å². The summed E-state index contributed by atoms with van der Waals surface area (Å²) < 4.78 is 4.94. The number of amides is 3. The Labute approximate surface area is 200 Å². The van der Waals surface area contributed by atoms with Crippen LogP contribution in [0.15, 0.2) is 42.5 Å². The van der Waals surface area contributed by atoms with E-state index in [1.807, 2.05) is 30.3 Å². The molecule has 3 amide bonds. The zero-order valence-corrected chi connectivity index (χ0v) is 19.8. The summed E-state index contributed by atoms with van der Waals surface area (Å²) in [6, 6.07) is 8.20. The summed E-state index contributed by atoms with van der Waals surface area (Å²) in [4.78, 5) is 49.8. The number of esters is 1. The summed E-state index contributed by atoms with van der Waals surface area (Å²) in [5.74, 6) is -0.679. The van der Waals surface area contributed by atoms with E-state index in [1.165, 1.54) is 18.9 Å². The van der Waals surface area contributed by atoms with E-state index in [-0.39, 0.29) is 30.2 Å². The van der Waals surface area contributed by atoms with Crippen LogP contribution < -0.4 is 16.0 Å². The molecule has 0 bridgehead atoms. The fraction of sp³-hybridized carbons (Fsp3) is 0.538. The lowest BCUT2D eigenvalue weighted by molar-refractivity contribution is -0.137. The van der Waals surface area contributed by atoms with Crippen molar-refractivity contribution < 1.29 is 23.9 Å². The third-order valence-electron chi connectivity index (χ3n) is 6.19. The number of rotatable bonds is 13. The highest BCUT2D eigenvalue weighted by Crippen LogP contribution is 2.33. The Kier molecular flexibility index (Phi) is 9.67. The molecule has 1 aromatic carbocycles. The van der Waals surface area contributed by atoms with Gasteiger partial charge in [-0.1, -0.05) is 49.2 Å². The summed E-state index contributed by atoms with van der Waals surface area (Å²) in [6.07, 6.45) is 7.81. The van der Waals surface area contributed by atoms with Gasteiger partial charge in [0.1, 0.15) is 6.04 Å². The molecule has 0 aromatic heterocycles. The summed E-state index contributed by atoms with van der Waals surface area (Å²) in [5.41, 5.74) is 0.930. The van der Waals surface area contributed by atoms with Gasteiger partial charge in [-0.25, -0.2) is 4.79 Å². The lowest BCUT2D eigenvalue weighted by Crippen LogP contribution is -2.50. The molecule has 0 unspecified atom stereocenters. The predicted octanol–water partition coefficient (Wildman–Crippen LogP) is 2.03. The quantitative estimate of drug-likeness (QED) is 0.302. The molecule has 1 saturated carbocycles. The first-order valence-corrected chi connectivity index (χ1v) is 12.2. The van der Waals surface area contributed by atoms with Crippen LogP contribution >= 0.6 is 0 Å². The Morgan fingerprint density at radius 1 is 1.15 bits per heavy atom. The highest BCUT2D eigenvalue weighted by Gasteiger charge is 2.29. The second-order valence-electron chi connectivity index (χ2n) is 9.03. The van der Waals surface area contributed by atoms with Crippen LogP contribution in [0.25, 0.3) is 0 Å². The van der Waals surface area contributed by atoms with Crippen molar-refractivity contribution in [2.24, 2.45) is 11.8 Å². The van der Waals surface area contributed by atoms with Crippen molar-refractivity contribution in [3.63, 3.8) is 0 Å². The lowest BCUT2D eigenvalue weighted by Gasteiger charge is -2.23. The molecular formula is C26H35N3O5. The molecule has 3 rings (SSSR count). The summed E-state index contributed by atoms with van der Waals surface area (Å²) in [7, 11) is 0. The van der Waals surface area contributed by atoms with Crippen LogP contribution in [-0.2, 0) is 30.3 Å². The van der Waals surface area contributed by atoms with Crippen LogP contribution in [0.2, 0.25) is 0 Å². The molecule has 3 N–H and O–H groups in total. The first-order valence-electron chi connectivity index (χ1n) is 12.2. The van der Waals surface area contributed by atoms with Crippen molar-refractivity contribution >= 4 is 23.7 Å². The number of nitrogens with one attached hydrogen (secondary N) is 3. The van der Waals surface area contributed by atoms with Gasteiger partial charge < -0.3 is 20.7 Å². The molecule has 3 atom stereocenters. The van der Waals surface area contributed by atoms with E-state index in [0.717, 1.165) is 12.0 Å². The molecule has 0 radical (unpaired) electrons. The van der Waals surface area contributed by atoms with Crippen LogP contribution in [0.5, 0.6) is 0 Å². The number of carbonyl (C=O) groups is 4. The number of hydrogen-bond acceptors (Lipinski definition) is 5. The number of benzene rings is 1. The van der Waals surface area contributed by atoms with E-state index in [0.29, 0.717) is 38.1 Å². The van der Waals surface area contributed by atoms with Gasteiger partial charge in [-0.3, -0.25) is 14.4 Å². The van der Waals surface area contributed by atoms with E-state index >= 15 is 0 Å². The Bertz CT molecular complexity index is 882. The maximum absolute atomic E-state index is 13.3. The lowest BCUT2D eigenvalue weighted by atomic mass is 9.97. The van der Waals surface area contributed by atoms with Gasteiger partial charge in [0.05, 0.1) is 6.61 Å². The minimum atomic E-state index is -0.759. The second-order valence-corrected chi connectivity index (χ2v) is 9.03. The van der Waals surface area contributed by atoms with Crippen LogP contribution in [0, 0.1) is 11.8 Å². The van der Waals surface area contributed by atoms with Gasteiger partial charge in [-0.15, -0.1) is 0 Å². The van der Waals surface area contributed by atoms with E-state index in [1.54, 1.807) is 13.0 Å². The SMILES string of the molecule is CCOC(=O)C=C[C@H](C[C@@H]1CCNC1=O)NC(=O)[C@H](Cc1ccccc1)NC(=O)CCC1CC1. The van der Waals surface area contributed by atoms with Crippen molar-refractivity contribution in [2.75, 3.05) is 13.2 Å². The van der Waals surface area contributed by atoms with Gasteiger partial charge >= 0.3 is 5.97 Å². The molecule has 184 valence electrons. The maximum Gasteiger partial charge on any atom is 0.330 e. The number of hydrogen-bond donors (Lipinski definition) is 3. The van der Waals surface area contributed by atoms with E-state index in [2.05, 4.69) is 16.0 Å². The maximum atomic E-state index is 13.3. The average Bonchev–Trinajstić information content (AvgIpc) is 3.57. The molecule has 2 aliphatic rings. The van der Waals surface area contributed by atoms with Crippen molar-refractivity contribution in [1.29, 1.82) is 0 Å². The van der Waals surface area contributed by atoms with Crippen molar-refractivity contribution in [1.82, 2.24) is 16.0 Å². The number of carbonyl (C=O) groups excluding carboxylic acids is 4. The first-order chi connectivity index (χ1) is 16.4. The van der Waals surface area contributed by atoms with Crippen molar-refractivity contribution in [3.8, 4) is 0 Å². The average molecular weight is 470 g/mol. The Balaban J connectivity index is 1.69. The smallest absolute Gasteiger partial charge is 0.330 e. The molecule has 34 heavy (non-hydrogen) atoms. The predicted molar refractivity (Wildman–Crippen MR) is 127 cm³/mol. The second kappa shape index (κ2) is 12.9. The zero-order valence-electron chi connectivity index (χ0n) is 19.8. The summed E-state index contributed by atoms with van der Waals surface area (Å²) >= 11 is 0. The number of ether oxygens (including phenoxy) is 1. The first kappa shape index (κ1) is 25.5. The van der Waals surface area contributed by atoms with Crippen LogP contribution in [0.4, 0.5) is 0 Å². The van der Waals surface area contributed by atoms with E-state index in [9.17, 15) is 19.2 Å². The summed E-state index contributed by atoms with van der Waals surface area (Å²) in [5, 5.41) is 8.63. The van der Waals surface area contributed by atoms with Crippen LogP contribution in [-0.4, -0.2) is 48.9 Å². The Morgan fingerprint density at radius 3 is 2.56 bits per heavy atom. The van der Waals surface area contributed by atoms with Gasteiger partial charge in [0.15, 0.2) is 0 Å². The highest BCUT2D eigenvalue weighted by molar-refractivity contribution is 5.88. The largest absolute Gasteiger partial charge is 0.463 e. The van der Waals surface area contributed by atoms with Gasteiger partial charge in [-0.2, -0.15) is 0 Å². The van der Waals surface area contributed by atoms with Crippen molar-refractivity contribution in [3.05, 3.63) is 48.0 Å². The van der Waals surface area contributed by atoms with Crippen LogP contribution in [0.1, 0.15) is 51.0 Å². The zero-order chi connectivity index (χ0) is 24.3. The van der Waals surface area contributed by atoms with Gasteiger partial charge in [0.25, 0.3) is 0 Å².